The molecule has 0 rings (SSSR count). The molecule has 0 radical (unpaired) electrons. The molecule has 122 valence electrons. The van der Waals surface area contributed by atoms with Crippen LogP contribution < -0.4 is 5.32 Å². The van der Waals surface area contributed by atoms with Crippen LogP contribution in [-0.2, 0) is 22.8 Å². The highest BCUT2D eigenvalue weighted by Crippen LogP contribution is 2.18. The lowest BCUT2D eigenvalue weighted by molar-refractivity contribution is -0.214. The molecule has 6 nitrogen and oxygen atoms in total. The normalized spacial score (nSPS) is 12.9. The Kier molecular flexibility index (Phi) is 10.7. The Morgan fingerprint density at radius 2 is 1.35 bits per heavy atom. The minimum Gasteiger partial charge on any atom is -0.374 e. The first-order valence-electron chi connectivity index (χ1n) is 7.28. The molecule has 20 heavy (non-hydrogen) atoms. The second-order valence-corrected chi connectivity index (χ2v) is 7.10. The summed E-state index contributed by atoms with van der Waals surface area (Å²) in [7, 11) is 0.681. The standard InChI is InChI=1S/C13H31NO5Si/c1-7-17-20(18-8-2,19-9-3)12-10-11-14-13(4,15-5)16-6/h14H,7-12H2,1-6H3. The second kappa shape index (κ2) is 10.7. The Morgan fingerprint density at radius 3 is 1.70 bits per heavy atom. The third-order valence-corrected chi connectivity index (χ3v) is 6.13. The van der Waals surface area contributed by atoms with E-state index in [-0.39, 0.29) is 0 Å². The van der Waals surface area contributed by atoms with Gasteiger partial charge in [0.15, 0.2) is 0 Å². The van der Waals surface area contributed by atoms with Crippen LogP contribution in [0.3, 0.4) is 0 Å². The highest BCUT2D eigenvalue weighted by Gasteiger charge is 2.39. The van der Waals surface area contributed by atoms with Gasteiger partial charge in [0.05, 0.1) is 0 Å². The number of rotatable bonds is 13. The van der Waals surface area contributed by atoms with Crippen LogP contribution in [0.2, 0.25) is 6.04 Å². The van der Waals surface area contributed by atoms with Crippen LogP contribution in [0.5, 0.6) is 0 Å². The van der Waals surface area contributed by atoms with Crippen molar-refractivity contribution in [3.05, 3.63) is 0 Å². The van der Waals surface area contributed by atoms with Crippen LogP contribution in [0, 0.1) is 0 Å². The van der Waals surface area contributed by atoms with Crippen LogP contribution in [-0.4, -0.2) is 55.3 Å². The zero-order valence-corrected chi connectivity index (χ0v) is 14.8. The van der Waals surface area contributed by atoms with E-state index in [0.717, 1.165) is 19.0 Å². The smallest absolute Gasteiger partial charge is 0.374 e. The van der Waals surface area contributed by atoms with Gasteiger partial charge in [0, 0.05) is 53.6 Å². The van der Waals surface area contributed by atoms with Crippen molar-refractivity contribution in [2.75, 3.05) is 40.6 Å². The molecule has 0 unspecified atom stereocenters. The first kappa shape index (κ1) is 20.0. The van der Waals surface area contributed by atoms with Crippen LogP contribution in [0.25, 0.3) is 0 Å². The molecular weight excluding hydrogens is 278 g/mol. The average Bonchev–Trinajstić information content (AvgIpc) is 2.44. The van der Waals surface area contributed by atoms with Crippen molar-refractivity contribution >= 4 is 8.80 Å². The Labute approximate surface area is 124 Å². The fraction of sp³-hybridized carbons (Fsp3) is 1.00. The maximum absolute atomic E-state index is 5.80. The molecule has 0 aliphatic heterocycles. The topological polar surface area (TPSA) is 58.2 Å². The second-order valence-electron chi connectivity index (χ2n) is 4.37. The van der Waals surface area contributed by atoms with Crippen molar-refractivity contribution < 1.29 is 22.8 Å². The average molecular weight is 309 g/mol. The molecule has 0 aliphatic carbocycles. The first-order valence-corrected chi connectivity index (χ1v) is 9.21. The van der Waals surface area contributed by atoms with Gasteiger partial charge in [-0.2, -0.15) is 0 Å². The van der Waals surface area contributed by atoms with E-state index in [4.69, 9.17) is 22.8 Å². The van der Waals surface area contributed by atoms with Gasteiger partial charge in [0.1, 0.15) is 0 Å². The van der Waals surface area contributed by atoms with Gasteiger partial charge >= 0.3 is 8.80 Å². The molecule has 0 saturated heterocycles. The van der Waals surface area contributed by atoms with E-state index in [1.165, 1.54) is 0 Å². The molecule has 0 aromatic heterocycles. The highest BCUT2D eigenvalue weighted by molar-refractivity contribution is 6.60. The number of methoxy groups -OCH3 is 2. The van der Waals surface area contributed by atoms with E-state index in [1.54, 1.807) is 14.2 Å². The molecule has 1 N–H and O–H groups in total. The van der Waals surface area contributed by atoms with Crippen molar-refractivity contribution in [3.63, 3.8) is 0 Å². The zero-order chi connectivity index (χ0) is 15.5. The van der Waals surface area contributed by atoms with Crippen LogP contribution in [0.15, 0.2) is 0 Å². The van der Waals surface area contributed by atoms with Gasteiger partial charge in [-0.1, -0.05) is 0 Å². The molecule has 0 aliphatic rings. The molecule has 0 fully saturated rings. The minimum absolute atomic E-state index is 0.605. The number of nitrogens with one attached hydrogen (secondary N) is 1. The maximum atomic E-state index is 5.80. The predicted octanol–water partition coefficient (Wildman–Crippen LogP) is 1.98. The number of ether oxygens (including phenoxy) is 2. The van der Waals surface area contributed by atoms with E-state index < -0.39 is 14.7 Å². The fourth-order valence-electron chi connectivity index (χ4n) is 1.85. The zero-order valence-electron chi connectivity index (χ0n) is 13.8. The molecule has 0 atom stereocenters. The summed E-state index contributed by atoms with van der Waals surface area (Å²) in [6, 6.07) is 0.777. The molecular formula is C13H31NO5Si. The van der Waals surface area contributed by atoms with Crippen LogP contribution in [0.4, 0.5) is 0 Å². The summed E-state index contributed by atoms with van der Waals surface area (Å²) in [6.07, 6.45) is 0.870. The Hall–Kier alpha value is -0.0231. The summed E-state index contributed by atoms with van der Waals surface area (Å²) in [5, 5.41) is 3.21. The lowest BCUT2D eigenvalue weighted by Crippen LogP contribution is -2.48. The summed E-state index contributed by atoms with van der Waals surface area (Å²) < 4.78 is 27.9. The van der Waals surface area contributed by atoms with Gasteiger partial charge < -0.3 is 22.8 Å². The molecule has 0 aromatic carbocycles. The van der Waals surface area contributed by atoms with E-state index in [1.807, 2.05) is 27.7 Å². The number of hydrogen-bond acceptors (Lipinski definition) is 6. The Balaban J connectivity index is 4.31. The maximum Gasteiger partial charge on any atom is 0.500 e. The van der Waals surface area contributed by atoms with Gasteiger partial charge in [-0.25, -0.2) is 0 Å². The third-order valence-electron chi connectivity index (χ3n) is 2.98. The monoisotopic (exact) mass is 309 g/mol. The van der Waals surface area contributed by atoms with Crippen molar-refractivity contribution in [1.82, 2.24) is 5.32 Å². The lowest BCUT2D eigenvalue weighted by atomic mass is 10.4. The first-order chi connectivity index (χ1) is 9.51. The number of hydrogen-bond donors (Lipinski definition) is 1. The van der Waals surface area contributed by atoms with E-state index in [9.17, 15) is 0 Å². The molecule has 0 saturated carbocycles. The third kappa shape index (κ3) is 7.12. The molecule has 0 amide bonds. The van der Waals surface area contributed by atoms with Crippen molar-refractivity contribution in [2.45, 2.75) is 46.1 Å². The minimum atomic E-state index is -2.53. The molecule has 0 heterocycles. The highest BCUT2D eigenvalue weighted by atomic mass is 28.4. The van der Waals surface area contributed by atoms with E-state index in [0.29, 0.717) is 19.8 Å². The Morgan fingerprint density at radius 1 is 0.900 bits per heavy atom. The fourth-order valence-corrected chi connectivity index (χ4v) is 4.46. The molecule has 7 heteroatoms. The van der Waals surface area contributed by atoms with Crippen molar-refractivity contribution in [1.29, 1.82) is 0 Å². The summed E-state index contributed by atoms with van der Waals surface area (Å²) >= 11 is 0. The molecule has 0 spiro atoms. The van der Waals surface area contributed by atoms with E-state index in [2.05, 4.69) is 5.32 Å². The van der Waals surface area contributed by atoms with Gasteiger partial charge in [-0.3, -0.25) is 5.32 Å². The van der Waals surface area contributed by atoms with E-state index >= 15 is 0 Å². The molecule has 0 bridgehead atoms. The lowest BCUT2D eigenvalue weighted by Gasteiger charge is -2.30. The van der Waals surface area contributed by atoms with Gasteiger partial charge in [-0.05, 0) is 27.2 Å². The SMILES string of the molecule is CCO[Si](CCCNC(C)(OC)OC)(OCC)OCC. The van der Waals surface area contributed by atoms with Crippen molar-refractivity contribution in [3.8, 4) is 0 Å². The summed E-state index contributed by atoms with van der Waals surface area (Å²) in [5.74, 6) is -0.757. The quantitative estimate of drug-likeness (QED) is 0.319. The van der Waals surface area contributed by atoms with Gasteiger partial charge in [0.2, 0.25) is 5.91 Å². The predicted molar refractivity (Wildman–Crippen MR) is 80.5 cm³/mol. The largest absolute Gasteiger partial charge is 0.500 e. The van der Waals surface area contributed by atoms with Crippen LogP contribution in [0.1, 0.15) is 34.1 Å². The Bertz CT molecular complexity index is 222. The summed E-state index contributed by atoms with van der Waals surface area (Å²) in [6.45, 7) is 10.3. The van der Waals surface area contributed by atoms with Crippen LogP contribution >= 0.6 is 0 Å². The van der Waals surface area contributed by atoms with Gasteiger partial charge in [-0.15, -0.1) is 0 Å². The summed E-state index contributed by atoms with van der Waals surface area (Å²) in [5.41, 5.74) is 0. The van der Waals surface area contributed by atoms with Crippen molar-refractivity contribution in [2.24, 2.45) is 0 Å². The summed E-state index contributed by atoms with van der Waals surface area (Å²) in [4.78, 5) is 0. The molecule has 0 aromatic rings. The van der Waals surface area contributed by atoms with Gasteiger partial charge in [0.25, 0.3) is 0 Å².